The third-order valence-electron chi connectivity index (χ3n) is 4.96. The Kier molecular flexibility index (Phi) is 7.07. The lowest BCUT2D eigenvalue weighted by atomic mass is 9.89. The summed E-state index contributed by atoms with van der Waals surface area (Å²) in [5, 5.41) is 21.0. The number of aromatic hydroxyl groups is 1. The third kappa shape index (κ3) is 4.80. The predicted molar refractivity (Wildman–Crippen MR) is 129 cm³/mol. The van der Waals surface area contributed by atoms with Crippen molar-refractivity contribution in [3.05, 3.63) is 95.5 Å². The quantitative estimate of drug-likeness (QED) is 0.275. The molecule has 0 spiro atoms. The predicted octanol–water partition coefficient (Wildman–Crippen LogP) is 7.00. The van der Waals surface area contributed by atoms with E-state index in [4.69, 9.17) is 23.2 Å². The van der Waals surface area contributed by atoms with E-state index in [-0.39, 0.29) is 18.0 Å². The van der Waals surface area contributed by atoms with Gasteiger partial charge < -0.3 is 5.11 Å². The fourth-order valence-corrected chi connectivity index (χ4v) is 4.55. The lowest BCUT2D eigenvalue weighted by molar-refractivity contribution is 0.0990. The zero-order chi connectivity index (χ0) is 22.0. The van der Waals surface area contributed by atoms with Gasteiger partial charge in [0.1, 0.15) is 5.75 Å². The number of halogens is 3. The number of aryl methyl sites for hydroxylation is 2. The Balaban J connectivity index is 1.94. The molecule has 3 aromatic carbocycles. The van der Waals surface area contributed by atoms with Crippen LogP contribution in [0, 0.1) is 28.7 Å². The Labute approximate surface area is 199 Å². The Hall–Kier alpha value is -2.07. The third-order valence-corrected chi connectivity index (χ3v) is 6.36. The highest BCUT2D eigenvalue weighted by Gasteiger charge is 2.21. The van der Waals surface area contributed by atoms with Gasteiger partial charge in [-0.25, -0.2) is 0 Å². The van der Waals surface area contributed by atoms with Gasteiger partial charge in [-0.15, -0.1) is 0 Å². The molecular formula is C24H18Cl2INO2. The fourth-order valence-electron chi connectivity index (χ4n) is 3.35. The summed E-state index contributed by atoms with van der Waals surface area (Å²) < 4.78 is 0.640. The monoisotopic (exact) mass is 549 g/mol. The molecule has 1 N–H and O–H groups in total. The zero-order valence-corrected chi connectivity index (χ0v) is 20.0. The normalized spacial score (nSPS) is 11.7. The van der Waals surface area contributed by atoms with E-state index >= 15 is 0 Å². The average Bonchev–Trinajstić information content (AvgIpc) is 2.70. The number of nitrogens with zero attached hydrogens (tertiary/aromatic N) is 1. The van der Waals surface area contributed by atoms with E-state index in [1.807, 2.05) is 48.6 Å². The molecule has 3 nitrogen and oxygen atoms in total. The number of benzene rings is 3. The minimum absolute atomic E-state index is 0.00106. The van der Waals surface area contributed by atoms with E-state index in [1.54, 1.807) is 36.4 Å². The van der Waals surface area contributed by atoms with E-state index in [0.29, 0.717) is 24.7 Å². The second-order valence-corrected chi connectivity index (χ2v) is 9.16. The molecule has 0 aliphatic heterocycles. The van der Waals surface area contributed by atoms with Crippen molar-refractivity contribution in [2.24, 2.45) is 0 Å². The molecule has 6 heteroatoms. The molecule has 152 valence electrons. The smallest absolute Gasteiger partial charge is 0.171 e. The molecule has 0 saturated heterocycles. The van der Waals surface area contributed by atoms with Gasteiger partial charge in [-0.2, -0.15) is 5.26 Å². The Morgan fingerprint density at radius 3 is 2.43 bits per heavy atom. The van der Waals surface area contributed by atoms with Gasteiger partial charge in [0.25, 0.3) is 0 Å². The van der Waals surface area contributed by atoms with Crippen LogP contribution in [0.3, 0.4) is 0 Å². The number of nitriles is 1. The van der Waals surface area contributed by atoms with E-state index in [0.717, 1.165) is 22.3 Å². The molecule has 30 heavy (non-hydrogen) atoms. The van der Waals surface area contributed by atoms with Gasteiger partial charge in [0, 0.05) is 16.5 Å². The van der Waals surface area contributed by atoms with Crippen LogP contribution in [-0.2, 0) is 6.42 Å². The van der Waals surface area contributed by atoms with Crippen LogP contribution >= 0.6 is 45.8 Å². The van der Waals surface area contributed by atoms with Crippen LogP contribution in [0.4, 0.5) is 0 Å². The molecule has 0 saturated carbocycles. The minimum atomic E-state index is -0.541. The van der Waals surface area contributed by atoms with E-state index < -0.39 is 5.92 Å². The van der Waals surface area contributed by atoms with Crippen LogP contribution < -0.4 is 0 Å². The van der Waals surface area contributed by atoms with Crippen LogP contribution in [0.25, 0.3) is 0 Å². The summed E-state index contributed by atoms with van der Waals surface area (Å²) in [6.45, 7) is 3.77. The van der Waals surface area contributed by atoms with E-state index in [2.05, 4.69) is 6.07 Å². The molecule has 0 aromatic heterocycles. The first-order valence-electron chi connectivity index (χ1n) is 9.17. The van der Waals surface area contributed by atoms with Crippen molar-refractivity contribution in [1.82, 2.24) is 0 Å². The highest BCUT2D eigenvalue weighted by molar-refractivity contribution is 14.1. The number of carbonyl (C=O) groups is 1. The molecule has 0 amide bonds. The lowest BCUT2D eigenvalue weighted by Crippen LogP contribution is -2.08. The molecule has 1 atom stereocenters. The van der Waals surface area contributed by atoms with Crippen LogP contribution in [0.15, 0.2) is 48.5 Å². The maximum Gasteiger partial charge on any atom is 0.171 e. The fraction of sp³-hybridized carbons (Fsp3) is 0.167. The molecule has 0 aliphatic rings. The SMILES string of the molecule is Cc1cc(I)c(O)c(C(=O)Cc2cc(Cl)c(C(C#N)c3ccc(Cl)cc3)cc2C)c1. The summed E-state index contributed by atoms with van der Waals surface area (Å²) in [5.74, 6) is -0.727. The Morgan fingerprint density at radius 2 is 1.80 bits per heavy atom. The van der Waals surface area contributed by atoms with Crippen molar-refractivity contribution in [3.8, 4) is 11.8 Å². The zero-order valence-electron chi connectivity index (χ0n) is 16.3. The number of rotatable bonds is 5. The molecule has 0 radical (unpaired) electrons. The second-order valence-electron chi connectivity index (χ2n) is 7.16. The number of ketones is 1. The number of carbonyl (C=O) groups excluding carboxylic acids is 1. The van der Waals surface area contributed by atoms with Crippen molar-refractivity contribution in [1.29, 1.82) is 5.26 Å². The minimum Gasteiger partial charge on any atom is -0.506 e. The molecule has 1 unspecified atom stereocenters. The molecule has 0 aliphatic carbocycles. The Morgan fingerprint density at radius 1 is 1.13 bits per heavy atom. The van der Waals surface area contributed by atoms with Gasteiger partial charge >= 0.3 is 0 Å². The maximum atomic E-state index is 12.9. The van der Waals surface area contributed by atoms with Crippen LogP contribution in [-0.4, -0.2) is 10.9 Å². The number of phenols is 1. The average molecular weight is 550 g/mol. The summed E-state index contributed by atoms with van der Waals surface area (Å²) in [7, 11) is 0. The molecular weight excluding hydrogens is 532 g/mol. The largest absolute Gasteiger partial charge is 0.506 e. The molecule has 0 heterocycles. The summed E-state index contributed by atoms with van der Waals surface area (Å²) in [5.41, 5.74) is 4.31. The van der Waals surface area contributed by atoms with Crippen LogP contribution in [0.5, 0.6) is 5.75 Å². The maximum absolute atomic E-state index is 12.9. The molecule has 0 fully saturated rings. The summed E-state index contributed by atoms with van der Waals surface area (Å²) >= 11 is 14.5. The van der Waals surface area contributed by atoms with Gasteiger partial charge in [-0.3, -0.25) is 4.79 Å². The van der Waals surface area contributed by atoms with Crippen molar-refractivity contribution in [2.75, 3.05) is 0 Å². The first-order chi connectivity index (χ1) is 14.2. The summed E-state index contributed by atoms with van der Waals surface area (Å²) in [6.07, 6.45) is 0.108. The van der Waals surface area contributed by atoms with Crippen LogP contribution in [0.1, 0.15) is 44.1 Å². The molecule has 3 aromatic rings. The van der Waals surface area contributed by atoms with Gasteiger partial charge in [0.05, 0.1) is 21.1 Å². The van der Waals surface area contributed by atoms with E-state index in [1.165, 1.54) is 0 Å². The second kappa shape index (κ2) is 9.38. The van der Waals surface area contributed by atoms with Gasteiger partial charge in [-0.05, 0) is 94.6 Å². The standard InChI is InChI=1S/C24H18Cl2INO2/c1-13-7-19(24(30)22(27)8-13)23(29)11-16-10-21(26)18(9-14(16)2)20(12-28)15-3-5-17(25)6-4-15/h3-10,20,30H,11H2,1-2H3. The number of hydrogen-bond acceptors (Lipinski definition) is 3. The lowest BCUT2D eigenvalue weighted by Gasteiger charge is -2.16. The summed E-state index contributed by atoms with van der Waals surface area (Å²) in [6, 6.07) is 16.5. The van der Waals surface area contributed by atoms with Crippen molar-refractivity contribution in [2.45, 2.75) is 26.2 Å². The van der Waals surface area contributed by atoms with Crippen molar-refractivity contribution in [3.63, 3.8) is 0 Å². The summed E-state index contributed by atoms with van der Waals surface area (Å²) in [4.78, 5) is 12.9. The first kappa shape index (κ1) is 22.6. The van der Waals surface area contributed by atoms with Crippen molar-refractivity contribution < 1.29 is 9.90 Å². The number of Topliss-reactive ketones (excluding diaryl/α,β-unsaturated/α-hetero) is 1. The number of hydrogen-bond donors (Lipinski definition) is 1. The molecule has 0 bridgehead atoms. The van der Waals surface area contributed by atoms with Gasteiger partial charge in [0.15, 0.2) is 5.78 Å². The van der Waals surface area contributed by atoms with E-state index in [9.17, 15) is 15.2 Å². The van der Waals surface area contributed by atoms with Gasteiger partial charge in [-0.1, -0.05) is 41.4 Å². The topological polar surface area (TPSA) is 61.1 Å². The number of phenolic OH excluding ortho intramolecular Hbond substituents is 1. The molecule has 3 rings (SSSR count). The van der Waals surface area contributed by atoms with Crippen LogP contribution in [0.2, 0.25) is 10.0 Å². The highest BCUT2D eigenvalue weighted by Crippen LogP contribution is 2.34. The first-order valence-corrected chi connectivity index (χ1v) is 11.0. The highest BCUT2D eigenvalue weighted by atomic mass is 127. The van der Waals surface area contributed by atoms with Gasteiger partial charge in [0.2, 0.25) is 0 Å². The Bertz CT molecular complexity index is 1170. The van der Waals surface area contributed by atoms with Crippen molar-refractivity contribution >= 4 is 51.6 Å².